The summed E-state index contributed by atoms with van der Waals surface area (Å²) >= 11 is 0. The number of rotatable bonds is 3. The van der Waals surface area contributed by atoms with Crippen molar-refractivity contribution in [3.8, 4) is 0 Å². The molecule has 0 radical (unpaired) electrons. The minimum absolute atomic E-state index is 0.0224. The fourth-order valence-corrected chi connectivity index (χ4v) is 1.48. The van der Waals surface area contributed by atoms with Crippen molar-refractivity contribution in [2.24, 2.45) is 5.14 Å². The molecule has 0 aromatic carbocycles. The first-order valence-electron chi connectivity index (χ1n) is 4.31. The Balaban J connectivity index is 3.06. The molecule has 1 heterocycles. The molecule has 0 aliphatic heterocycles. The molecular formula is C9H12N2O3S. The Kier molecular flexibility index (Phi) is 3.21. The third-order valence-electron chi connectivity index (χ3n) is 2.14. The fraction of sp³-hybridized carbons (Fsp3) is 0.333. The fourth-order valence-electron chi connectivity index (χ4n) is 1.02. The molecule has 2 N–H and O–H groups in total. The van der Waals surface area contributed by atoms with E-state index in [4.69, 9.17) is 5.14 Å². The number of aromatic nitrogens is 1. The Labute approximate surface area is 88.4 Å². The molecular weight excluding hydrogens is 216 g/mol. The molecule has 1 aromatic heterocycles. The molecule has 0 bridgehead atoms. The Hall–Kier alpha value is -1.27. The number of carbonyl (C=O) groups excluding carboxylic acids is 1. The van der Waals surface area contributed by atoms with Crippen LogP contribution in [-0.4, -0.2) is 19.2 Å². The maximum absolute atomic E-state index is 11.0. The van der Waals surface area contributed by atoms with Crippen LogP contribution in [0.3, 0.4) is 0 Å². The summed E-state index contributed by atoms with van der Waals surface area (Å²) in [7, 11) is -3.71. The van der Waals surface area contributed by atoms with E-state index in [-0.39, 0.29) is 16.6 Å². The SMILES string of the molecule is CC(=O)C(C)c1ccc(S(N)(=O)=O)cn1. The highest BCUT2D eigenvalue weighted by Gasteiger charge is 2.13. The second-order valence-corrected chi connectivity index (χ2v) is 4.86. The number of ketones is 1. The van der Waals surface area contributed by atoms with Crippen LogP contribution in [0.2, 0.25) is 0 Å². The normalized spacial score (nSPS) is 13.5. The highest BCUT2D eigenvalue weighted by molar-refractivity contribution is 7.89. The molecule has 82 valence electrons. The van der Waals surface area contributed by atoms with E-state index in [1.165, 1.54) is 19.1 Å². The van der Waals surface area contributed by atoms with Gasteiger partial charge in [0.1, 0.15) is 10.7 Å². The van der Waals surface area contributed by atoms with Crippen molar-refractivity contribution in [3.05, 3.63) is 24.0 Å². The highest BCUT2D eigenvalue weighted by atomic mass is 32.2. The zero-order valence-corrected chi connectivity index (χ0v) is 9.28. The average Bonchev–Trinajstić information content (AvgIpc) is 2.15. The van der Waals surface area contributed by atoms with E-state index in [0.717, 1.165) is 6.20 Å². The van der Waals surface area contributed by atoms with Crippen molar-refractivity contribution in [3.63, 3.8) is 0 Å². The first-order chi connectivity index (χ1) is 6.82. The lowest BCUT2D eigenvalue weighted by Crippen LogP contribution is -2.13. The molecule has 1 atom stereocenters. The minimum atomic E-state index is -3.71. The lowest BCUT2D eigenvalue weighted by Gasteiger charge is -2.06. The number of primary sulfonamides is 1. The summed E-state index contributed by atoms with van der Waals surface area (Å²) in [5, 5.41) is 4.91. The smallest absolute Gasteiger partial charge is 0.239 e. The van der Waals surface area contributed by atoms with Crippen molar-refractivity contribution >= 4 is 15.8 Å². The molecule has 1 rings (SSSR count). The Morgan fingerprint density at radius 1 is 1.47 bits per heavy atom. The van der Waals surface area contributed by atoms with Gasteiger partial charge in [-0.25, -0.2) is 13.6 Å². The van der Waals surface area contributed by atoms with Crippen LogP contribution in [0, 0.1) is 0 Å². The predicted octanol–water partition coefficient (Wildman–Crippen LogP) is 0.422. The van der Waals surface area contributed by atoms with Gasteiger partial charge in [-0.15, -0.1) is 0 Å². The molecule has 1 aromatic rings. The first kappa shape index (κ1) is 11.8. The number of carbonyl (C=O) groups is 1. The molecule has 5 nitrogen and oxygen atoms in total. The Morgan fingerprint density at radius 2 is 2.07 bits per heavy atom. The van der Waals surface area contributed by atoms with E-state index in [9.17, 15) is 13.2 Å². The molecule has 0 saturated heterocycles. The third kappa shape index (κ3) is 2.84. The van der Waals surface area contributed by atoms with Gasteiger partial charge in [0.15, 0.2) is 0 Å². The van der Waals surface area contributed by atoms with Gasteiger partial charge in [-0.1, -0.05) is 0 Å². The summed E-state index contributed by atoms with van der Waals surface area (Å²) in [4.78, 5) is 14.9. The van der Waals surface area contributed by atoms with Crippen LogP contribution in [0.1, 0.15) is 25.5 Å². The topological polar surface area (TPSA) is 90.1 Å². The molecule has 6 heteroatoms. The summed E-state index contributed by atoms with van der Waals surface area (Å²) in [5.41, 5.74) is 0.537. The summed E-state index contributed by atoms with van der Waals surface area (Å²) < 4.78 is 21.8. The van der Waals surface area contributed by atoms with E-state index in [1.807, 2.05) is 0 Å². The third-order valence-corrected chi connectivity index (χ3v) is 3.04. The second-order valence-electron chi connectivity index (χ2n) is 3.30. The summed E-state index contributed by atoms with van der Waals surface area (Å²) in [6.07, 6.45) is 1.16. The van der Waals surface area contributed by atoms with E-state index >= 15 is 0 Å². The highest BCUT2D eigenvalue weighted by Crippen LogP contribution is 2.14. The van der Waals surface area contributed by atoms with E-state index in [2.05, 4.69) is 4.98 Å². The largest absolute Gasteiger partial charge is 0.299 e. The van der Waals surface area contributed by atoms with Crippen LogP contribution in [0.5, 0.6) is 0 Å². The monoisotopic (exact) mass is 228 g/mol. The number of nitrogens with two attached hydrogens (primary N) is 1. The molecule has 1 unspecified atom stereocenters. The van der Waals surface area contributed by atoms with Crippen molar-refractivity contribution in [2.75, 3.05) is 0 Å². The van der Waals surface area contributed by atoms with Gasteiger partial charge in [-0.2, -0.15) is 0 Å². The quantitative estimate of drug-likeness (QED) is 0.811. The number of hydrogen-bond acceptors (Lipinski definition) is 4. The number of hydrogen-bond donors (Lipinski definition) is 1. The maximum Gasteiger partial charge on any atom is 0.239 e. The predicted molar refractivity (Wildman–Crippen MR) is 54.7 cm³/mol. The first-order valence-corrected chi connectivity index (χ1v) is 5.86. The van der Waals surface area contributed by atoms with Crippen molar-refractivity contribution in [1.82, 2.24) is 4.98 Å². The van der Waals surface area contributed by atoms with E-state index in [0.29, 0.717) is 5.69 Å². The van der Waals surface area contributed by atoms with Gasteiger partial charge in [-0.3, -0.25) is 9.78 Å². The molecule has 0 spiro atoms. The Bertz CT molecular complexity index is 465. The van der Waals surface area contributed by atoms with Gasteiger partial charge < -0.3 is 0 Å². The lowest BCUT2D eigenvalue weighted by atomic mass is 10.0. The number of Topliss-reactive ketones (excluding diaryl/α,β-unsaturated/α-hetero) is 1. The molecule has 0 saturated carbocycles. The minimum Gasteiger partial charge on any atom is -0.299 e. The molecule has 0 amide bonds. The molecule has 15 heavy (non-hydrogen) atoms. The Morgan fingerprint density at radius 3 is 2.40 bits per heavy atom. The van der Waals surface area contributed by atoms with Crippen molar-refractivity contribution in [1.29, 1.82) is 0 Å². The van der Waals surface area contributed by atoms with Gasteiger partial charge in [-0.05, 0) is 26.0 Å². The van der Waals surface area contributed by atoms with Gasteiger partial charge >= 0.3 is 0 Å². The van der Waals surface area contributed by atoms with E-state index in [1.54, 1.807) is 6.92 Å². The zero-order valence-electron chi connectivity index (χ0n) is 8.47. The van der Waals surface area contributed by atoms with Gasteiger partial charge in [0.2, 0.25) is 10.0 Å². The number of pyridine rings is 1. The molecule has 0 aliphatic rings. The summed E-state index contributed by atoms with van der Waals surface area (Å²) in [6, 6.07) is 2.84. The molecule has 0 aliphatic carbocycles. The maximum atomic E-state index is 11.0. The molecule has 0 fully saturated rings. The van der Waals surface area contributed by atoms with Crippen LogP contribution < -0.4 is 5.14 Å². The van der Waals surface area contributed by atoms with Crippen LogP contribution in [-0.2, 0) is 14.8 Å². The van der Waals surface area contributed by atoms with Crippen LogP contribution >= 0.6 is 0 Å². The van der Waals surface area contributed by atoms with Crippen molar-refractivity contribution in [2.45, 2.75) is 24.7 Å². The van der Waals surface area contributed by atoms with Crippen LogP contribution in [0.4, 0.5) is 0 Å². The summed E-state index contributed by atoms with van der Waals surface area (Å²) in [5.74, 6) is -0.356. The van der Waals surface area contributed by atoms with Crippen LogP contribution in [0.25, 0.3) is 0 Å². The number of sulfonamides is 1. The van der Waals surface area contributed by atoms with Gasteiger partial charge in [0.25, 0.3) is 0 Å². The number of nitrogens with zero attached hydrogens (tertiary/aromatic N) is 1. The van der Waals surface area contributed by atoms with Gasteiger partial charge in [0, 0.05) is 6.20 Å². The van der Waals surface area contributed by atoms with E-state index < -0.39 is 10.0 Å². The lowest BCUT2D eigenvalue weighted by molar-refractivity contribution is -0.118. The summed E-state index contributed by atoms with van der Waals surface area (Å²) in [6.45, 7) is 3.17. The zero-order chi connectivity index (χ0) is 11.6. The van der Waals surface area contributed by atoms with Gasteiger partial charge in [0.05, 0.1) is 11.6 Å². The standard InChI is InChI=1S/C9H12N2O3S/c1-6(7(2)12)9-4-3-8(5-11-9)15(10,13)14/h3-6H,1-2H3,(H2,10,13,14). The average molecular weight is 228 g/mol. The second kappa shape index (κ2) is 4.08. The van der Waals surface area contributed by atoms with Crippen LogP contribution in [0.15, 0.2) is 23.2 Å². The van der Waals surface area contributed by atoms with Crippen molar-refractivity contribution < 1.29 is 13.2 Å².